The lowest BCUT2D eigenvalue weighted by Crippen LogP contribution is -2.51. The zero-order valence-electron chi connectivity index (χ0n) is 13.1. The average molecular weight is 365 g/mol. The van der Waals surface area contributed by atoms with Crippen molar-refractivity contribution in [2.24, 2.45) is 0 Å². The molecule has 130 valence electrons. The monoisotopic (exact) mass is 364 g/mol. The number of carbonyl (C=O) groups excluding carboxylic acids is 1. The largest absolute Gasteiger partial charge is 0.324 e. The van der Waals surface area contributed by atoms with Crippen LogP contribution in [0.15, 0.2) is 18.2 Å². The van der Waals surface area contributed by atoms with Crippen molar-refractivity contribution in [1.29, 1.82) is 0 Å². The van der Waals surface area contributed by atoms with Crippen LogP contribution < -0.4 is 10.6 Å². The number of halogens is 2. The second kappa shape index (κ2) is 9.67. The van der Waals surface area contributed by atoms with Gasteiger partial charge in [-0.3, -0.25) is 19.8 Å². The molecule has 9 heteroatoms. The number of hydrogen-bond donors (Lipinski definition) is 2. The number of nitrogens with zero attached hydrogens (tertiary/aromatic N) is 2. The summed E-state index contributed by atoms with van der Waals surface area (Å²) in [5.74, 6) is -0.138. The van der Waals surface area contributed by atoms with Crippen LogP contribution in [0.25, 0.3) is 0 Å². The molecule has 1 aromatic rings. The van der Waals surface area contributed by atoms with E-state index in [-0.39, 0.29) is 42.5 Å². The normalized spacial score (nSPS) is 15.7. The van der Waals surface area contributed by atoms with Gasteiger partial charge >= 0.3 is 0 Å². The van der Waals surface area contributed by atoms with E-state index in [1.165, 1.54) is 6.07 Å². The Morgan fingerprint density at radius 3 is 2.52 bits per heavy atom. The van der Waals surface area contributed by atoms with Crippen LogP contribution in [-0.4, -0.2) is 48.0 Å². The van der Waals surface area contributed by atoms with Crippen molar-refractivity contribution in [2.45, 2.75) is 19.9 Å². The minimum Gasteiger partial charge on any atom is -0.324 e. The van der Waals surface area contributed by atoms with E-state index in [1.807, 2.05) is 6.92 Å². The molecule has 0 spiro atoms. The Balaban J connectivity index is 0.00000242. The number of carbonyl (C=O) groups is 1. The summed E-state index contributed by atoms with van der Waals surface area (Å²) < 4.78 is 0. The fraction of sp³-hybridized carbons (Fsp3) is 0.500. The van der Waals surface area contributed by atoms with Crippen molar-refractivity contribution < 1.29 is 9.72 Å². The molecule has 7 nitrogen and oxygen atoms in total. The quantitative estimate of drug-likeness (QED) is 0.629. The van der Waals surface area contributed by atoms with Crippen LogP contribution in [-0.2, 0) is 4.79 Å². The van der Waals surface area contributed by atoms with Gasteiger partial charge in [0, 0.05) is 32.2 Å². The molecule has 1 aliphatic heterocycles. The number of benzene rings is 1. The lowest BCUT2D eigenvalue weighted by molar-refractivity contribution is -0.385. The molecule has 23 heavy (non-hydrogen) atoms. The third-order valence-electron chi connectivity index (χ3n) is 3.84. The number of nitro groups is 1. The maximum Gasteiger partial charge on any atom is 0.274 e. The Hall–Kier alpha value is -1.41. The Labute approximate surface area is 147 Å². The first-order valence-electron chi connectivity index (χ1n) is 7.00. The number of hydrogen-bond acceptors (Lipinski definition) is 5. The first-order chi connectivity index (χ1) is 10.0. The molecule has 1 atom stereocenters. The zero-order valence-corrected chi connectivity index (χ0v) is 14.7. The number of nitro benzene ring substituents is 1. The van der Waals surface area contributed by atoms with Crippen molar-refractivity contribution in [3.05, 3.63) is 33.9 Å². The first kappa shape index (κ1) is 21.6. The predicted octanol–water partition coefficient (Wildman–Crippen LogP) is 1.98. The third kappa shape index (κ3) is 5.31. The first-order valence-corrected chi connectivity index (χ1v) is 7.00. The van der Waals surface area contributed by atoms with Gasteiger partial charge in [-0.25, -0.2) is 0 Å². The van der Waals surface area contributed by atoms with Crippen LogP contribution >= 0.6 is 24.8 Å². The van der Waals surface area contributed by atoms with Gasteiger partial charge in [-0.15, -0.1) is 24.8 Å². The average Bonchev–Trinajstić information content (AvgIpc) is 2.49. The molecule has 2 rings (SSSR count). The molecule has 1 unspecified atom stereocenters. The fourth-order valence-corrected chi connectivity index (χ4v) is 2.43. The maximum atomic E-state index is 12.3. The molecule has 1 aliphatic rings. The fourth-order valence-electron chi connectivity index (χ4n) is 2.43. The van der Waals surface area contributed by atoms with Crippen LogP contribution in [0.2, 0.25) is 0 Å². The lowest BCUT2D eigenvalue weighted by atomic mass is 10.1. The molecule has 1 amide bonds. The molecule has 0 saturated carbocycles. The minimum atomic E-state index is -0.440. The second-order valence-electron chi connectivity index (χ2n) is 5.16. The van der Waals surface area contributed by atoms with E-state index < -0.39 is 4.92 Å². The van der Waals surface area contributed by atoms with Gasteiger partial charge in [-0.1, -0.05) is 6.07 Å². The molecule has 1 heterocycles. The topological polar surface area (TPSA) is 87.5 Å². The van der Waals surface area contributed by atoms with Gasteiger partial charge in [0.25, 0.3) is 5.69 Å². The van der Waals surface area contributed by atoms with Gasteiger partial charge in [0.1, 0.15) is 0 Å². The number of rotatable bonds is 4. The highest BCUT2D eigenvalue weighted by Crippen LogP contribution is 2.25. The van der Waals surface area contributed by atoms with Gasteiger partial charge in [0.05, 0.1) is 22.2 Å². The Bertz CT molecular complexity index is 551. The number of piperazine rings is 1. The Kier molecular flexibility index (Phi) is 9.07. The standard InChI is InChI=1S/C14H20N4O3.2ClH/c1-10-12(4-3-5-13(10)18(20)21)16-14(19)11(2)17-8-6-15-7-9-17;;/h3-5,11,15H,6-9H2,1-2H3,(H,16,19);2*1H. The molecule has 1 fully saturated rings. The molecule has 0 radical (unpaired) electrons. The predicted molar refractivity (Wildman–Crippen MR) is 94.9 cm³/mol. The third-order valence-corrected chi connectivity index (χ3v) is 3.84. The van der Waals surface area contributed by atoms with Crippen molar-refractivity contribution >= 4 is 42.1 Å². The van der Waals surface area contributed by atoms with Crippen molar-refractivity contribution in [2.75, 3.05) is 31.5 Å². The van der Waals surface area contributed by atoms with E-state index in [4.69, 9.17) is 0 Å². The smallest absolute Gasteiger partial charge is 0.274 e. The summed E-state index contributed by atoms with van der Waals surface area (Å²) in [6, 6.07) is 4.44. The van der Waals surface area contributed by atoms with E-state index in [9.17, 15) is 14.9 Å². The summed E-state index contributed by atoms with van der Waals surface area (Å²) in [6.45, 7) is 6.88. The summed E-state index contributed by atoms with van der Waals surface area (Å²) in [5.41, 5.74) is 0.988. The maximum absolute atomic E-state index is 12.3. The van der Waals surface area contributed by atoms with Crippen LogP contribution in [0.4, 0.5) is 11.4 Å². The van der Waals surface area contributed by atoms with Crippen molar-refractivity contribution in [3.8, 4) is 0 Å². The van der Waals surface area contributed by atoms with Gasteiger partial charge in [-0.2, -0.15) is 0 Å². The molecule has 0 aliphatic carbocycles. The van der Waals surface area contributed by atoms with Gasteiger partial charge in [0.2, 0.25) is 5.91 Å². The van der Waals surface area contributed by atoms with Gasteiger partial charge in [0.15, 0.2) is 0 Å². The summed E-state index contributed by atoms with van der Waals surface area (Å²) in [5, 5.41) is 17.0. The van der Waals surface area contributed by atoms with Crippen LogP contribution in [0.5, 0.6) is 0 Å². The summed E-state index contributed by atoms with van der Waals surface area (Å²) >= 11 is 0. The molecule has 2 N–H and O–H groups in total. The highest BCUT2D eigenvalue weighted by molar-refractivity contribution is 5.95. The molecular weight excluding hydrogens is 343 g/mol. The van der Waals surface area contributed by atoms with E-state index >= 15 is 0 Å². The Morgan fingerprint density at radius 2 is 1.96 bits per heavy atom. The van der Waals surface area contributed by atoms with Gasteiger partial charge < -0.3 is 10.6 Å². The summed E-state index contributed by atoms with van der Waals surface area (Å²) in [6.07, 6.45) is 0. The van der Waals surface area contributed by atoms with E-state index in [2.05, 4.69) is 15.5 Å². The SMILES string of the molecule is Cc1c(NC(=O)C(C)N2CCNCC2)cccc1[N+](=O)[O-].Cl.Cl. The van der Waals surface area contributed by atoms with Crippen LogP contribution in [0.1, 0.15) is 12.5 Å². The summed E-state index contributed by atoms with van der Waals surface area (Å²) in [7, 11) is 0. The molecule has 0 aromatic heterocycles. The molecular formula is C14H22Cl2N4O3. The molecule has 0 bridgehead atoms. The minimum absolute atomic E-state index is 0. The number of amides is 1. The summed E-state index contributed by atoms with van der Waals surface area (Å²) in [4.78, 5) is 24.9. The van der Waals surface area contributed by atoms with Crippen LogP contribution in [0.3, 0.4) is 0 Å². The van der Waals surface area contributed by atoms with E-state index in [0.29, 0.717) is 11.3 Å². The lowest BCUT2D eigenvalue weighted by Gasteiger charge is -2.31. The number of anilines is 1. The van der Waals surface area contributed by atoms with Crippen LogP contribution in [0, 0.1) is 17.0 Å². The Morgan fingerprint density at radius 1 is 1.35 bits per heavy atom. The molecule has 1 saturated heterocycles. The van der Waals surface area contributed by atoms with Crippen molar-refractivity contribution in [1.82, 2.24) is 10.2 Å². The van der Waals surface area contributed by atoms with E-state index in [1.54, 1.807) is 19.1 Å². The number of nitrogens with one attached hydrogen (secondary N) is 2. The molecule has 1 aromatic carbocycles. The van der Waals surface area contributed by atoms with Crippen molar-refractivity contribution in [3.63, 3.8) is 0 Å². The zero-order chi connectivity index (χ0) is 15.4. The second-order valence-corrected chi connectivity index (χ2v) is 5.16. The van der Waals surface area contributed by atoms with Gasteiger partial charge in [-0.05, 0) is 19.9 Å². The highest BCUT2D eigenvalue weighted by Gasteiger charge is 2.24. The highest BCUT2D eigenvalue weighted by atomic mass is 35.5. The van der Waals surface area contributed by atoms with E-state index in [0.717, 1.165) is 26.2 Å².